The summed E-state index contributed by atoms with van der Waals surface area (Å²) < 4.78 is 13.7. The molecule has 0 bridgehead atoms. The number of hydrogen-bond acceptors (Lipinski definition) is 3. The van der Waals surface area contributed by atoms with Gasteiger partial charge in [0.1, 0.15) is 11.4 Å². The van der Waals surface area contributed by atoms with Crippen molar-refractivity contribution >= 4 is 17.9 Å². The van der Waals surface area contributed by atoms with E-state index < -0.39 is 35.3 Å². The molecule has 0 radical (unpaired) electrons. The molecule has 3 rings (SSSR count). The fraction of sp³-hybridized carbons (Fsp3) is 0.400. The Labute approximate surface area is 125 Å². The zero-order valence-corrected chi connectivity index (χ0v) is 11.6. The number of rotatable bonds is 5. The number of carboxylic acids is 1. The Bertz CT molecular complexity index is 663. The van der Waals surface area contributed by atoms with Crippen LogP contribution in [0, 0.1) is 17.7 Å². The Morgan fingerprint density at radius 2 is 2.09 bits per heavy atom. The Morgan fingerprint density at radius 3 is 2.64 bits per heavy atom. The second-order valence-electron chi connectivity index (χ2n) is 5.76. The molecule has 3 unspecified atom stereocenters. The number of carbonyl (C=O) groups is 3. The molecule has 7 heteroatoms. The normalized spacial score (nSPS) is 29.9. The monoisotopic (exact) mass is 306 g/mol. The van der Waals surface area contributed by atoms with Crippen LogP contribution in [0.3, 0.4) is 0 Å². The lowest BCUT2D eigenvalue weighted by molar-refractivity contribution is -0.139. The largest absolute Gasteiger partial charge is 0.481 e. The summed E-state index contributed by atoms with van der Waals surface area (Å²) in [5.74, 6) is -2.99. The molecule has 1 aromatic carbocycles. The molecule has 3 amide bonds. The van der Waals surface area contributed by atoms with E-state index in [2.05, 4.69) is 10.6 Å². The van der Waals surface area contributed by atoms with Gasteiger partial charge >= 0.3 is 12.0 Å². The van der Waals surface area contributed by atoms with E-state index in [0.29, 0.717) is 12.0 Å². The molecule has 2 aliphatic rings. The van der Waals surface area contributed by atoms with Crippen LogP contribution in [0.2, 0.25) is 0 Å². The summed E-state index contributed by atoms with van der Waals surface area (Å²) in [7, 11) is 0. The van der Waals surface area contributed by atoms with Crippen LogP contribution in [0.25, 0.3) is 0 Å². The summed E-state index contributed by atoms with van der Waals surface area (Å²) in [4.78, 5) is 34.8. The van der Waals surface area contributed by atoms with E-state index in [-0.39, 0.29) is 18.7 Å². The maximum Gasteiger partial charge on any atom is 0.322 e. The molecule has 2 fully saturated rings. The topological polar surface area (TPSA) is 95.5 Å². The Kier molecular flexibility index (Phi) is 3.35. The molecule has 0 aromatic heterocycles. The van der Waals surface area contributed by atoms with Crippen molar-refractivity contribution in [1.82, 2.24) is 10.6 Å². The van der Waals surface area contributed by atoms with Crippen LogP contribution in [0.5, 0.6) is 0 Å². The molecule has 3 N–H and O–H groups in total. The second-order valence-corrected chi connectivity index (χ2v) is 5.76. The number of aliphatic carboxylic acids is 1. The first-order valence-electron chi connectivity index (χ1n) is 7.04. The van der Waals surface area contributed by atoms with Gasteiger partial charge in [0, 0.05) is 5.92 Å². The number of benzene rings is 1. The Morgan fingerprint density at radius 1 is 1.36 bits per heavy atom. The van der Waals surface area contributed by atoms with Gasteiger partial charge in [0.2, 0.25) is 0 Å². The summed E-state index contributed by atoms with van der Waals surface area (Å²) in [5.41, 5.74) is -0.828. The third kappa shape index (κ3) is 2.32. The van der Waals surface area contributed by atoms with Gasteiger partial charge in [0.15, 0.2) is 0 Å². The molecule has 1 saturated carbocycles. The van der Waals surface area contributed by atoms with Crippen molar-refractivity contribution in [2.75, 3.05) is 0 Å². The van der Waals surface area contributed by atoms with Crippen LogP contribution >= 0.6 is 0 Å². The molecular formula is C15H15FN2O4. The minimum atomic E-state index is -1.26. The second kappa shape index (κ2) is 5.08. The smallest absolute Gasteiger partial charge is 0.322 e. The van der Waals surface area contributed by atoms with Gasteiger partial charge in [-0.1, -0.05) is 18.2 Å². The molecule has 1 aromatic rings. The van der Waals surface area contributed by atoms with Crippen molar-refractivity contribution in [3.05, 3.63) is 35.6 Å². The number of urea groups is 1. The number of hydrogen-bond donors (Lipinski definition) is 3. The molecule has 1 aliphatic carbocycles. The van der Waals surface area contributed by atoms with E-state index in [9.17, 15) is 18.8 Å². The van der Waals surface area contributed by atoms with Crippen LogP contribution in [0.4, 0.5) is 9.18 Å². The van der Waals surface area contributed by atoms with Gasteiger partial charge < -0.3 is 10.4 Å². The van der Waals surface area contributed by atoms with Gasteiger partial charge in [0.05, 0.1) is 5.92 Å². The van der Waals surface area contributed by atoms with E-state index in [1.54, 1.807) is 18.2 Å². The van der Waals surface area contributed by atoms with Crippen molar-refractivity contribution in [2.45, 2.75) is 24.8 Å². The van der Waals surface area contributed by atoms with Crippen LogP contribution in [-0.2, 0) is 16.0 Å². The molecule has 3 atom stereocenters. The average Bonchev–Trinajstić information content (AvgIpc) is 3.20. The SMILES string of the molecule is O=C1NC(=O)C(CCc2ccccc2F)(C2CC2C(=O)O)N1. The van der Waals surface area contributed by atoms with Crippen LogP contribution < -0.4 is 10.6 Å². The number of amides is 3. The molecule has 0 spiro atoms. The number of halogens is 1. The number of aryl methyl sites for hydroxylation is 1. The van der Waals surface area contributed by atoms with E-state index in [0.717, 1.165) is 0 Å². The predicted octanol–water partition coefficient (Wildman–Crippen LogP) is 1.06. The number of carbonyl (C=O) groups excluding carboxylic acids is 2. The minimum absolute atomic E-state index is 0.167. The first kappa shape index (κ1) is 14.5. The van der Waals surface area contributed by atoms with E-state index in [4.69, 9.17) is 5.11 Å². The summed E-state index contributed by atoms with van der Waals surface area (Å²) >= 11 is 0. The van der Waals surface area contributed by atoms with Gasteiger partial charge in [-0.25, -0.2) is 9.18 Å². The van der Waals surface area contributed by atoms with E-state index >= 15 is 0 Å². The van der Waals surface area contributed by atoms with Gasteiger partial charge in [0.25, 0.3) is 5.91 Å². The summed E-state index contributed by atoms with van der Waals surface area (Å²) in [6.07, 6.45) is 0.740. The standard InChI is InChI=1S/C15H15FN2O4/c16-11-4-2-1-3-8(11)5-6-15(10-7-9(10)12(19)20)13(21)17-14(22)18-15/h1-4,9-10H,5-7H2,(H,19,20)(H2,17,18,21,22). The molecule has 22 heavy (non-hydrogen) atoms. The van der Waals surface area contributed by atoms with Crippen LogP contribution in [0.15, 0.2) is 24.3 Å². The molecule has 6 nitrogen and oxygen atoms in total. The maximum absolute atomic E-state index is 13.7. The molecule has 1 saturated heterocycles. The maximum atomic E-state index is 13.7. The molecule has 1 aliphatic heterocycles. The Balaban J connectivity index is 1.82. The highest BCUT2D eigenvalue weighted by molar-refractivity contribution is 6.07. The highest BCUT2D eigenvalue weighted by Crippen LogP contribution is 2.49. The lowest BCUT2D eigenvalue weighted by Crippen LogP contribution is -2.50. The molecule has 1 heterocycles. The lowest BCUT2D eigenvalue weighted by Gasteiger charge is -2.26. The molecular weight excluding hydrogens is 291 g/mol. The predicted molar refractivity (Wildman–Crippen MR) is 73.4 cm³/mol. The summed E-state index contributed by atoms with van der Waals surface area (Å²) in [6.45, 7) is 0. The van der Waals surface area contributed by atoms with Gasteiger partial charge in [-0.3, -0.25) is 14.9 Å². The third-order valence-electron chi connectivity index (χ3n) is 4.46. The van der Waals surface area contributed by atoms with Crippen molar-refractivity contribution in [2.24, 2.45) is 11.8 Å². The Hall–Kier alpha value is -2.44. The lowest BCUT2D eigenvalue weighted by atomic mass is 9.85. The van der Waals surface area contributed by atoms with Crippen molar-refractivity contribution in [3.8, 4) is 0 Å². The van der Waals surface area contributed by atoms with Crippen LogP contribution in [-0.4, -0.2) is 28.6 Å². The highest BCUT2D eigenvalue weighted by atomic mass is 19.1. The van der Waals surface area contributed by atoms with Gasteiger partial charge in [-0.15, -0.1) is 0 Å². The van der Waals surface area contributed by atoms with Gasteiger partial charge in [-0.05, 0) is 30.9 Å². The zero-order valence-electron chi connectivity index (χ0n) is 11.6. The fourth-order valence-corrected chi connectivity index (χ4v) is 3.17. The van der Waals surface area contributed by atoms with E-state index in [1.165, 1.54) is 6.07 Å². The van der Waals surface area contributed by atoms with Crippen molar-refractivity contribution < 1.29 is 23.9 Å². The van der Waals surface area contributed by atoms with Crippen LogP contribution in [0.1, 0.15) is 18.4 Å². The van der Waals surface area contributed by atoms with E-state index in [1.807, 2.05) is 0 Å². The quantitative estimate of drug-likeness (QED) is 0.709. The first-order chi connectivity index (χ1) is 10.4. The minimum Gasteiger partial charge on any atom is -0.481 e. The fourth-order valence-electron chi connectivity index (χ4n) is 3.17. The average molecular weight is 306 g/mol. The third-order valence-corrected chi connectivity index (χ3v) is 4.46. The van der Waals surface area contributed by atoms with Gasteiger partial charge in [-0.2, -0.15) is 0 Å². The molecule has 116 valence electrons. The first-order valence-corrected chi connectivity index (χ1v) is 7.04. The number of carboxylic acid groups (broad SMARTS) is 1. The number of imide groups is 1. The van der Waals surface area contributed by atoms with Crippen molar-refractivity contribution in [1.29, 1.82) is 0 Å². The summed E-state index contributed by atoms with van der Waals surface area (Å²) in [6, 6.07) is 5.57. The number of nitrogens with one attached hydrogen (secondary N) is 2. The summed E-state index contributed by atoms with van der Waals surface area (Å²) in [5, 5.41) is 13.8. The highest BCUT2D eigenvalue weighted by Gasteiger charge is 2.62. The zero-order chi connectivity index (χ0) is 15.9. The van der Waals surface area contributed by atoms with Crippen molar-refractivity contribution in [3.63, 3.8) is 0 Å².